The Morgan fingerprint density at radius 1 is 1.07 bits per heavy atom. The Morgan fingerprint density at radius 3 is 2.30 bits per heavy atom. The molecule has 11 nitrogen and oxygen atoms in total. The number of likely N-dealkylation sites (N-methyl/N-ethyl adjacent to an activating group) is 1. The van der Waals surface area contributed by atoms with E-state index < -0.39 is 49.9 Å². The van der Waals surface area contributed by atoms with E-state index in [1.807, 2.05) is 0 Å². The molecule has 2 amide bonds. The highest BCUT2D eigenvalue weighted by Gasteiger charge is 2.35. The third-order valence-corrected chi connectivity index (χ3v) is 9.26. The maximum absolute atomic E-state index is 14.1. The van der Waals surface area contributed by atoms with Crippen molar-refractivity contribution in [2.45, 2.75) is 38.3 Å². The van der Waals surface area contributed by atoms with Gasteiger partial charge < -0.3 is 15.0 Å². The summed E-state index contributed by atoms with van der Waals surface area (Å²) in [5.41, 5.74) is 0.0583. The number of anilines is 1. The number of nitro groups is 1. The standard InChI is InChI=1S/C28H29Cl3N4O7S/c1-5-32-28(37)18(3)33(15-21-22(30)7-6-8-23(21)31)27(36)16-34(25-13-19(29)10-12-26(25)42-4)43(40,41)20-11-9-17(2)24(14-20)35(38)39/h6-14,18H,5,15-16H2,1-4H3,(H,32,37). The molecule has 3 rings (SSSR count). The van der Waals surface area contributed by atoms with Crippen LogP contribution in [0.2, 0.25) is 15.1 Å². The number of methoxy groups -OCH3 is 1. The molecule has 0 radical (unpaired) electrons. The van der Waals surface area contributed by atoms with E-state index >= 15 is 0 Å². The van der Waals surface area contributed by atoms with Gasteiger partial charge in [-0.25, -0.2) is 8.42 Å². The highest BCUT2D eigenvalue weighted by Crippen LogP contribution is 2.36. The monoisotopic (exact) mass is 670 g/mol. The number of benzene rings is 3. The molecule has 0 fully saturated rings. The van der Waals surface area contributed by atoms with Crippen LogP contribution in [0, 0.1) is 17.0 Å². The Balaban J connectivity index is 2.20. The highest BCUT2D eigenvalue weighted by molar-refractivity contribution is 7.92. The number of nitrogens with zero attached hydrogens (tertiary/aromatic N) is 3. The van der Waals surface area contributed by atoms with Crippen molar-refractivity contribution in [1.82, 2.24) is 10.2 Å². The number of ether oxygens (including phenoxy) is 1. The van der Waals surface area contributed by atoms with Crippen molar-refractivity contribution < 1.29 is 27.7 Å². The summed E-state index contributed by atoms with van der Waals surface area (Å²) in [5.74, 6) is -1.25. The number of aryl methyl sites for hydroxylation is 1. The van der Waals surface area contributed by atoms with Crippen LogP contribution in [-0.4, -0.2) is 56.3 Å². The fourth-order valence-corrected chi connectivity index (χ4v) is 6.32. The molecule has 3 aromatic carbocycles. The van der Waals surface area contributed by atoms with Gasteiger partial charge in [0.2, 0.25) is 11.8 Å². The van der Waals surface area contributed by atoms with Crippen LogP contribution in [0.1, 0.15) is 25.0 Å². The van der Waals surface area contributed by atoms with Crippen molar-refractivity contribution in [3.8, 4) is 5.75 Å². The molecule has 0 spiro atoms. The van der Waals surface area contributed by atoms with Gasteiger partial charge >= 0.3 is 0 Å². The zero-order valence-corrected chi connectivity index (χ0v) is 26.7. The second kappa shape index (κ2) is 14.3. The largest absolute Gasteiger partial charge is 0.495 e. The topological polar surface area (TPSA) is 139 Å². The number of hydrogen-bond acceptors (Lipinski definition) is 7. The van der Waals surface area contributed by atoms with E-state index in [1.165, 1.54) is 51.3 Å². The Kier molecular flexibility index (Phi) is 11.2. The summed E-state index contributed by atoms with van der Waals surface area (Å²) in [6.45, 7) is 3.87. The van der Waals surface area contributed by atoms with E-state index in [0.29, 0.717) is 5.56 Å². The number of sulfonamides is 1. The SMILES string of the molecule is CCNC(=O)C(C)N(Cc1c(Cl)cccc1Cl)C(=O)CN(c1cc(Cl)ccc1OC)S(=O)(=O)c1ccc(C)c([N+](=O)[O-])c1. The first-order valence-electron chi connectivity index (χ1n) is 12.8. The number of nitrogens with one attached hydrogen (secondary N) is 1. The van der Waals surface area contributed by atoms with Crippen LogP contribution in [0.25, 0.3) is 0 Å². The number of nitro benzene ring substituents is 1. The third-order valence-electron chi connectivity index (χ3n) is 6.56. The fraction of sp³-hybridized carbons (Fsp3) is 0.286. The van der Waals surface area contributed by atoms with Crippen LogP contribution in [0.4, 0.5) is 11.4 Å². The molecule has 0 heterocycles. The zero-order valence-electron chi connectivity index (χ0n) is 23.6. The molecule has 43 heavy (non-hydrogen) atoms. The molecule has 0 saturated carbocycles. The van der Waals surface area contributed by atoms with Gasteiger partial charge in [-0.2, -0.15) is 0 Å². The first kappa shape index (κ1) is 33.9. The number of rotatable bonds is 12. The second-order valence-corrected chi connectivity index (χ2v) is 12.4. The van der Waals surface area contributed by atoms with Gasteiger partial charge in [0.1, 0.15) is 18.3 Å². The lowest BCUT2D eigenvalue weighted by Crippen LogP contribution is -2.51. The molecule has 230 valence electrons. The smallest absolute Gasteiger partial charge is 0.273 e. The quantitative estimate of drug-likeness (QED) is 0.195. The van der Waals surface area contributed by atoms with Gasteiger partial charge in [-0.15, -0.1) is 0 Å². The van der Waals surface area contributed by atoms with E-state index in [1.54, 1.807) is 25.1 Å². The molecular formula is C28H29Cl3N4O7S. The number of carbonyl (C=O) groups is 2. The normalized spacial score (nSPS) is 11.9. The summed E-state index contributed by atoms with van der Waals surface area (Å²) in [7, 11) is -3.36. The van der Waals surface area contributed by atoms with Gasteiger partial charge in [0.15, 0.2) is 0 Å². The Hall–Kier alpha value is -3.58. The first-order valence-corrected chi connectivity index (χ1v) is 15.4. The van der Waals surface area contributed by atoms with Crippen molar-refractivity contribution >= 4 is 68.0 Å². The van der Waals surface area contributed by atoms with Crippen LogP contribution in [-0.2, 0) is 26.2 Å². The molecule has 15 heteroatoms. The molecule has 0 aromatic heterocycles. The molecule has 3 aromatic rings. The average molecular weight is 672 g/mol. The predicted octanol–water partition coefficient (Wildman–Crippen LogP) is 5.62. The molecule has 0 bridgehead atoms. The summed E-state index contributed by atoms with van der Waals surface area (Å²) in [6, 6.07) is 11.3. The molecule has 0 aliphatic carbocycles. The predicted molar refractivity (Wildman–Crippen MR) is 166 cm³/mol. The first-order chi connectivity index (χ1) is 20.2. The number of amides is 2. The molecular weight excluding hydrogens is 643 g/mol. The van der Waals surface area contributed by atoms with Gasteiger partial charge in [0.25, 0.3) is 15.7 Å². The lowest BCUT2D eigenvalue weighted by Gasteiger charge is -2.32. The summed E-state index contributed by atoms with van der Waals surface area (Å²) in [4.78, 5) is 38.6. The van der Waals surface area contributed by atoms with Gasteiger partial charge in [-0.1, -0.05) is 46.9 Å². The molecule has 0 aliphatic rings. The van der Waals surface area contributed by atoms with Gasteiger partial charge in [-0.3, -0.25) is 24.0 Å². The lowest BCUT2D eigenvalue weighted by atomic mass is 10.1. The van der Waals surface area contributed by atoms with Crippen molar-refractivity contribution in [2.24, 2.45) is 0 Å². The Morgan fingerprint density at radius 2 is 1.72 bits per heavy atom. The Labute approximate surface area is 264 Å². The zero-order chi connectivity index (χ0) is 32.1. The summed E-state index contributed by atoms with van der Waals surface area (Å²) in [5, 5.41) is 14.9. The van der Waals surface area contributed by atoms with Crippen LogP contribution >= 0.6 is 34.8 Å². The average Bonchev–Trinajstić information content (AvgIpc) is 2.95. The third kappa shape index (κ3) is 7.69. The molecule has 1 N–H and O–H groups in total. The van der Waals surface area contributed by atoms with Crippen LogP contribution in [0.15, 0.2) is 59.5 Å². The van der Waals surface area contributed by atoms with Crippen LogP contribution < -0.4 is 14.4 Å². The molecule has 1 atom stereocenters. The van der Waals surface area contributed by atoms with Gasteiger partial charge in [0, 0.05) is 45.4 Å². The second-order valence-electron chi connectivity index (χ2n) is 9.33. The molecule has 0 aliphatic heterocycles. The minimum absolute atomic E-state index is 0.0554. The van der Waals surface area contributed by atoms with Crippen molar-refractivity contribution in [1.29, 1.82) is 0 Å². The van der Waals surface area contributed by atoms with Crippen LogP contribution in [0.5, 0.6) is 5.75 Å². The number of carbonyl (C=O) groups excluding carboxylic acids is 2. The van der Waals surface area contributed by atoms with Crippen molar-refractivity contribution in [2.75, 3.05) is 24.5 Å². The van der Waals surface area contributed by atoms with E-state index in [-0.39, 0.29) is 45.2 Å². The van der Waals surface area contributed by atoms with Crippen molar-refractivity contribution in [3.05, 3.63) is 90.9 Å². The minimum Gasteiger partial charge on any atom is -0.495 e. The van der Waals surface area contributed by atoms with Crippen molar-refractivity contribution in [3.63, 3.8) is 0 Å². The van der Waals surface area contributed by atoms with E-state index in [9.17, 15) is 28.1 Å². The summed E-state index contributed by atoms with van der Waals surface area (Å²) >= 11 is 19.0. The molecule has 0 saturated heterocycles. The van der Waals surface area contributed by atoms with Gasteiger partial charge in [0.05, 0.1) is 22.6 Å². The van der Waals surface area contributed by atoms with E-state index in [0.717, 1.165) is 15.3 Å². The maximum Gasteiger partial charge on any atom is 0.273 e. The van der Waals surface area contributed by atoms with Gasteiger partial charge in [-0.05, 0) is 57.2 Å². The Bertz CT molecular complexity index is 1630. The molecule has 1 unspecified atom stereocenters. The fourth-order valence-electron chi connectivity index (χ4n) is 4.20. The summed E-state index contributed by atoms with van der Waals surface area (Å²) in [6.07, 6.45) is 0. The lowest BCUT2D eigenvalue weighted by molar-refractivity contribution is -0.385. The van der Waals surface area contributed by atoms with E-state index in [2.05, 4.69) is 5.32 Å². The summed E-state index contributed by atoms with van der Waals surface area (Å²) < 4.78 is 34.4. The minimum atomic E-state index is -4.66. The maximum atomic E-state index is 14.1. The van der Waals surface area contributed by atoms with Crippen LogP contribution in [0.3, 0.4) is 0 Å². The number of halogens is 3. The van der Waals surface area contributed by atoms with E-state index in [4.69, 9.17) is 39.5 Å². The highest BCUT2D eigenvalue weighted by atomic mass is 35.5. The number of hydrogen-bond donors (Lipinski definition) is 1.